The first-order chi connectivity index (χ1) is 37.4. The second kappa shape index (κ2) is 40.1. The van der Waals surface area contributed by atoms with Crippen LogP contribution < -0.4 is 16.4 Å². The molecular formula is C50H92F7N5O16S3. The number of carbonyl (C=O) groups is 4. The van der Waals surface area contributed by atoms with Crippen molar-refractivity contribution in [1.29, 1.82) is 0 Å². The number of nitrogens with zero attached hydrogens (tertiary/aromatic N) is 2. The van der Waals surface area contributed by atoms with Gasteiger partial charge in [-0.15, -0.1) is 23.5 Å². The zero-order valence-corrected chi connectivity index (χ0v) is 49.0. The number of carboxylic acid groups (broad SMARTS) is 2. The number of hydrogen-bond donors (Lipinski definition) is 13. The summed E-state index contributed by atoms with van der Waals surface area (Å²) in [6.07, 6.45) is 0.305. The second-order valence-corrected chi connectivity index (χ2v) is 22.0. The predicted octanol–water partition coefficient (Wildman–Crippen LogP) is 2.97. The van der Waals surface area contributed by atoms with E-state index in [1.54, 1.807) is 12.5 Å². The zero-order valence-electron chi connectivity index (χ0n) is 46.6. The number of halogens is 7. The van der Waals surface area contributed by atoms with Crippen molar-refractivity contribution in [1.82, 2.24) is 20.4 Å². The Hall–Kier alpha value is -2.34. The van der Waals surface area contributed by atoms with E-state index in [1.165, 1.54) is 29.8 Å². The average Bonchev–Trinajstić information content (AvgIpc) is 4.26. The monoisotopic (exact) mass is 1250 g/mol. The minimum absolute atomic E-state index is 0. The van der Waals surface area contributed by atoms with E-state index in [9.17, 15) is 70.5 Å². The minimum Gasteiger partial charge on any atom is -0.475 e. The van der Waals surface area contributed by atoms with Gasteiger partial charge in [-0.1, -0.05) is 52.7 Å². The number of allylic oxidation sites excluding steroid dienone is 1. The van der Waals surface area contributed by atoms with Crippen LogP contribution in [0.25, 0.3) is 0 Å². The summed E-state index contributed by atoms with van der Waals surface area (Å²) in [5, 5.41) is 97.1. The molecule has 0 aromatic carbocycles. The van der Waals surface area contributed by atoms with Gasteiger partial charge in [-0.2, -0.15) is 30.2 Å². The SMILES string of the molecule is C.CCC[C@@H]1C[C@@H](C(=O)N[C@H]([C@@H]2CCCC2N)[C@H]2OC(SC)[C@H](O)[C@H](O)C2O)N(C)C1.CCC[C@@H]1C[C@@H](C(=O)N[C@H]([C@H]2C=CCC2)[C@H]2OC(SC)[C@H](O)[C@H](O)C2O)N(C)C1.CO.CO.CSF.O=C(O)C(F)(F)F.O=C(O)C(F)(F)F. The predicted molar refractivity (Wildman–Crippen MR) is 295 cm³/mol. The normalized spacial score (nSPS) is 33.4. The van der Waals surface area contributed by atoms with E-state index in [1.807, 2.05) is 14.1 Å². The standard InChI is InChI=1S/C21H39N3O5S.C21H36N2O5S.2C2HF3O2.CH3FS.2CH4O.CH4/c1-4-6-11-9-14(24(2)10-11)20(28)23-15(12-7-5-8-13(12)22)19-17(26)16(25)18(27)21(29-19)30-3;1-4-7-12-10-14(23(2)11-12)20(27)22-15(13-8-5-6-9-13)19-17(25)16(24)18(26)21(28-19)29-3;2*3-2(4,5)1(6)7;1-3-2;2*1-2;/h11-19,21,25-27H,4-10,22H2,1-3H3,(H,23,28);5,8,12-19,21,24-26H,4,6-7,9-11H2,1-3H3,(H,22,27);2*(H,6,7);1H3;2*2H,1H3;1H4/t11-,12-,13?,14+,15-,16-,17?,18-,19-,21?;12-,13+,14+,15-,16-,17?,18-,19-,21?;;;;;;/m11....../s1. The maximum absolute atomic E-state index is 13.3. The van der Waals surface area contributed by atoms with Crippen LogP contribution in [0.4, 0.5) is 30.2 Å². The first-order valence-corrected chi connectivity index (χ1v) is 29.7. The molecule has 2 aliphatic carbocycles. The van der Waals surface area contributed by atoms with Crippen LogP contribution in [0.2, 0.25) is 0 Å². The highest BCUT2D eigenvalue weighted by molar-refractivity contribution is 7.99. The number of thioether (sulfide) groups is 2. The molecule has 21 nitrogen and oxygen atoms in total. The molecule has 81 heavy (non-hydrogen) atoms. The number of rotatable bonds is 14. The van der Waals surface area contributed by atoms with Gasteiger partial charge in [0.05, 0.1) is 24.2 Å². The summed E-state index contributed by atoms with van der Waals surface area (Å²) in [6, 6.07) is -1.47. The molecule has 19 atom stereocenters. The number of ether oxygens (including phenoxy) is 2. The lowest BCUT2D eigenvalue weighted by Crippen LogP contribution is -2.66. The van der Waals surface area contributed by atoms with E-state index in [0.29, 0.717) is 11.8 Å². The molecule has 5 unspecified atom stereocenters. The summed E-state index contributed by atoms with van der Waals surface area (Å²) in [5.41, 5.74) is 5.04. The van der Waals surface area contributed by atoms with E-state index in [-0.39, 0.29) is 61.4 Å². The molecule has 0 aromatic rings. The van der Waals surface area contributed by atoms with Crippen molar-refractivity contribution in [2.75, 3.05) is 60.2 Å². The molecule has 0 aromatic heterocycles. The molecule has 0 radical (unpaired) electrons. The van der Waals surface area contributed by atoms with Crippen molar-refractivity contribution in [2.45, 2.75) is 194 Å². The summed E-state index contributed by atoms with van der Waals surface area (Å²) in [6.45, 7) is 6.15. The molecule has 6 aliphatic rings. The van der Waals surface area contributed by atoms with Crippen molar-refractivity contribution in [3.05, 3.63) is 12.2 Å². The molecule has 0 bridgehead atoms. The van der Waals surface area contributed by atoms with Crippen LogP contribution in [-0.2, 0) is 28.7 Å². The highest BCUT2D eigenvalue weighted by atomic mass is 32.2. The summed E-state index contributed by atoms with van der Waals surface area (Å²) < 4.78 is 85.7. The number of likely N-dealkylation sites (N-methyl/N-ethyl adjacent to an activating group) is 2. The van der Waals surface area contributed by atoms with Crippen LogP contribution in [0.3, 0.4) is 0 Å². The van der Waals surface area contributed by atoms with Gasteiger partial charge in [0.2, 0.25) is 11.8 Å². The Kier molecular flexibility index (Phi) is 40.0. The molecule has 4 aliphatic heterocycles. The van der Waals surface area contributed by atoms with Gasteiger partial charge in [-0.25, -0.2) is 9.59 Å². The van der Waals surface area contributed by atoms with Crippen LogP contribution in [0.1, 0.15) is 91.9 Å². The third-order valence-corrected chi connectivity index (χ3v) is 16.1. The summed E-state index contributed by atoms with van der Waals surface area (Å²) in [5.74, 6) is -4.61. The second-order valence-electron chi connectivity index (χ2n) is 19.8. The van der Waals surface area contributed by atoms with Gasteiger partial charge < -0.3 is 76.9 Å². The number of carbonyl (C=O) groups excluding carboxylic acids is 2. The molecule has 5 fully saturated rings. The van der Waals surface area contributed by atoms with Gasteiger partial charge in [0.15, 0.2) is 0 Å². The lowest BCUT2D eigenvalue weighted by Gasteiger charge is -2.45. The third-order valence-electron chi connectivity index (χ3n) is 14.4. The molecule has 4 heterocycles. The first kappa shape index (κ1) is 80.7. The van der Waals surface area contributed by atoms with E-state index in [2.05, 4.69) is 46.4 Å². The molecule has 0 spiro atoms. The number of aliphatic hydroxyl groups excluding tert-OH is 8. The van der Waals surface area contributed by atoms with Gasteiger partial charge in [-0.3, -0.25) is 19.4 Å². The van der Waals surface area contributed by atoms with Gasteiger partial charge in [0.25, 0.3) is 0 Å². The molecule has 1 saturated carbocycles. The number of nitrogens with two attached hydrogens (primary N) is 1. The third kappa shape index (κ3) is 25.3. The number of likely N-dealkylation sites (tertiary alicyclic amines) is 2. The van der Waals surface area contributed by atoms with E-state index in [4.69, 9.17) is 45.2 Å². The lowest BCUT2D eigenvalue weighted by atomic mass is 9.84. The minimum atomic E-state index is -5.08. The van der Waals surface area contributed by atoms with Crippen molar-refractivity contribution in [3.8, 4) is 0 Å². The first-order valence-electron chi connectivity index (χ1n) is 26.0. The van der Waals surface area contributed by atoms with Crippen molar-refractivity contribution in [2.24, 2.45) is 29.4 Å². The maximum Gasteiger partial charge on any atom is 0.490 e. The van der Waals surface area contributed by atoms with E-state index >= 15 is 0 Å². The Morgan fingerprint density at radius 1 is 0.654 bits per heavy atom. The maximum atomic E-state index is 13.3. The number of aliphatic carboxylic acids is 2. The highest BCUT2D eigenvalue weighted by Crippen LogP contribution is 2.37. The van der Waals surface area contributed by atoms with Crippen LogP contribution in [0, 0.1) is 23.7 Å². The number of hydrogen-bond acceptors (Lipinski definition) is 20. The number of aliphatic hydroxyl groups is 8. The number of alkyl halides is 6. The lowest BCUT2D eigenvalue weighted by molar-refractivity contribution is -0.209. The van der Waals surface area contributed by atoms with Gasteiger partial charge in [0.1, 0.15) is 59.7 Å². The Morgan fingerprint density at radius 3 is 1.31 bits per heavy atom. The van der Waals surface area contributed by atoms with Gasteiger partial charge in [-0.05, 0) is 102 Å². The Balaban J connectivity index is 0. The number of amides is 2. The van der Waals surface area contributed by atoms with Crippen molar-refractivity contribution in [3.63, 3.8) is 0 Å². The van der Waals surface area contributed by atoms with E-state index in [0.717, 1.165) is 97.9 Å². The fraction of sp³-hybridized carbons (Fsp3) is 0.880. The smallest absolute Gasteiger partial charge is 0.475 e. The van der Waals surface area contributed by atoms with Crippen molar-refractivity contribution < 1.29 is 110 Å². The summed E-state index contributed by atoms with van der Waals surface area (Å²) in [7, 11) is 5.96. The molecule has 14 N–H and O–H groups in total. The zero-order chi connectivity index (χ0) is 62.0. The molecule has 2 amide bonds. The van der Waals surface area contributed by atoms with Crippen LogP contribution in [-0.4, -0.2) is 247 Å². The van der Waals surface area contributed by atoms with Gasteiger partial charge in [0, 0.05) is 51.8 Å². The van der Waals surface area contributed by atoms with Crippen LogP contribution in [0.5, 0.6) is 0 Å². The fourth-order valence-electron chi connectivity index (χ4n) is 10.6. The Morgan fingerprint density at radius 2 is 1.01 bits per heavy atom. The fourth-order valence-corrected chi connectivity index (χ4v) is 12.0. The topological polar surface area (TPSA) is 346 Å². The molecule has 6 rings (SSSR count). The average molecular weight is 1250 g/mol. The number of carboxylic acids is 2. The molecular weight excluding hydrogens is 1160 g/mol. The highest BCUT2D eigenvalue weighted by Gasteiger charge is 2.52. The van der Waals surface area contributed by atoms with Crippen LogP contribution >= 0.6 is 35.7 Å². The van der Waals surface area contributed by atoms with Gasteiger partial charge >= 0.3 is 24.3 Å². The Bertz CT molecular complexity index is 1790. The molecule has 480 valence electrons. The van der Waals surface area contributed by atoms with Crippen LogP contribution in [0.15, 0.2) is 12.2 Å². The van der Waals surface area contributed by atoms with E-state index < -0.39 is 96.1 Å². The summed E-state index contributed by atoms with van der Waals surface area (Å²) in [4.78, 5) is 48.5. The number of nitrogens with one attached hydrogen (secondary N) is 2. The molecule has 31 heteroatoms. The Labute approximate surface area is 484 Å². The van der Waals surface area contributed by atoms with Crippen molar-refractivity contribution >= 4 is 59.4 Å². The summed E-state index contributed by atoms with van der Waals surface area (Å²) >= 11 is 2.82. The largest absolute Gasteiger partial charge is 0.490 e. The molecule has 4 saturated heterocycles. The quantitative estimate of drug-likeness (QED) is 0.0878.